The molecule has 0 spiro atoms. The standard InChI is InChI=1S/C20H25N5O/c1-3-11-25-14(2)15(13-21-25)20(26)24-12-7-6-10-18(24)19-22-16-8-4-5-9-17(16)23-19/h4-5,8-9,13,18H,3,6-7,10-12H2,1-2H3,(H,22,23)/t18-/m1/s1. The third-order valence-corrected chi connectivity index (χ3v) is 5.26. The summed E-state index contributed by atoms with van der Waals surface area (Å²) < 4.78 is 1.92. The number of piperidine rings is 1. The maximum Gasteiger partial charge on any atom is 0.257 e. The average molecular weight is 351 g/mol. The topological polar surface area (TPSA) is 66.8 Å². The van der Waals surface area contributed by atoms with E-state index in [1.165, 1.54) is 0 Å². The first-order valence-corrected chi connectivity index (χ1v) is 9.47. The van der Waals surface area contributed by atoms with Crippen molar-refractivity contribution in [1.82, 2.24) is 24.6 Å². The van der Waals surface area contributed by atoms with E-state index in [1.54, 1.807) is 6.20 Å². The number of nitrogens with one attached hydrogen (secondary N) is 1. The summed E-state index contributed by atoms with van der Waals surface area (Å²) >= 11 is 0. The lowest BCUT2D eigenvalue weighted by atomic mass is 10.0. The van der Waals surface area contributed by atoms with Crippen LogP contribution in [0.1, 0.15) is 60.5 Å². The Hall–Kier alpha value is -2.63. The minimum absolute atomic E-state index is 0.00225. The number of aryl methyl sites for hydroxylation is 1. The van der Waals surface area contributed by atoms with Gasteiger partial charge in [0, 0.05) is 18.8 Å². The number of nitrogens with zero attached hydrogens (tertiary/aromatic N) is 4. The maximum absolute atomic E-state index is 13.3. The van der Waals surface area contributed by atoms with Crippen LogP contribution in [0.25, 0.3) is 11.0 Å². The molecule has 0 saturated carbocycles. The van der Waals surface area contributed by atoms with Crippen molar-refractivity contribution in [2.24, 2.45) is 0 Å². The zero-order valence-corrected chi connectivity index (χ0v) is 15.4. The van der Waals surface area contributed by atoms with Gasteiger partial charge in [-0.25, -0.2) is 4.98 Å². The molecule has 1 aromatic carbocycles. The van der Waals surface area contributed by atoms with Crippen LogP contribution in [-0.4, -0.2) is 37.1 Å². The predicted octanol–water partition coefficient (Wildman–Crippen LogP) is 3.85. The van der Waals surface area contributed by atoms with E-state index < -0.39 is 0 Å². The summed E-state index contributed by atoms with van der Waals surface area (Å²) in [6.07, 6.45) is 5.80. The Morgan fingerprint density at radius 1 is 1.31 bits per heavy atom. The first kappa shape index (κ1) is 16.8. The summed E-state index contributed by atoms with van der Waals surface area (Å²) in [4.78, 5) is 23.4. The van der Waals surface area contributed by atoms with E-state index >= 15 is 0 Å². The molecule has 26 heavy (non-hydrogen) atoms. The van der Waals surface area contributed by atoms with Crippen LogP contribution >= 0.6 is 0 Å². The van der Waals surface area contributed by atoms with Gasteiger partial charge >= 0.3 is 0 Å². The third kappa shape index (κ3) is 2.89. The van der Waals surface area contributed by atoms with Crippen molar-refractivity contribution in [3.8, 4) is 0 Å². The molecule has 0 aliphatic carbocycles. The molecule has 6 nitrogen and oxygen atoms in total. The minimum atomic E-state index is -0.00225. The second-order valence-electron chi connectivity index (χ2n) is 7.02. The Balaban J connectivity index is 1.66. The highest BCUT2D eigenvalue weighted by atomic mass is 16.2. The molecule has 1 N–H and O–H groups in total. The van der Waals surface area contributed by atoms with Crippen LogP contribution in [0.4, 0.5) is 0 Å². The van der Waals surface area contributed by atoms with Crippen LogP contribution in [0.3, 0.4) is 0 Å². The molecule has 0 unspecified atom stereocenters. The van der Waals surface area contributed by atoms with Crippen molar-refractivity contribution in [1.29, 1.82) is 0 Å². The quantitative estimate of drug-likeness (QED) is 0.776. The summed E-state index contributed by atoms with van der Waals surface area (Å²) in [6.45, 7) is 5.70. The predicted molar refractivity (Wildman–Crippen MR) is 101 cm³/mol. The fourth-order valence-corrected chi connectivity index (χ4v) is 3.84. The molecule has 1 aliphatic heterocycles. The number of carbonyl (C=O) groups is 1. The fraction of sp³-hybridized carbons (Fsp3) is 0.450. The Morgan fingerprint density at radius 2 is 2.15 bits per heavy atom. The highest BCUT2D eigenvalue weighted by molar-refractivity contribution is 5.95. The van der Waals surface area contributed by atoms with E-state index in [1.807, 2.05) is 40.8 Å². The number of benzene rings is 1. The van der Waals surface area contributed by atoms with Crippen molar-refractivity contribution in [2.75, 3.05) is 6.54 Å². The molecule has 3 heterocycles. The number of para-hydroxylation sites is 2. The zero-order valence-electron chi connectivity index (χ0n) is 15.4. The van der Waals surface area contributed by atoms with E-state index in [9.17, 15) is 4.79 Å². The van der Waals surface area contributed by atoms with E-state index in [0.29, 0.717) is 5.56 Å². The average Bonchev–Trinajstić information content (AvgIpc) is 3.25. The van der Waals surface area contributed by atoms with Gasteiger partial charge < -0.3 is 9.88 Å². The van der Waals surface area contributed by atoms with Crippen LogP contribution in [0.5, 0.6) is 0 Å². The molecule has 1 atom stereocenters. The van der Waals surface area contributed by atoms with Crippen LogP contribution in [0.15, 0.2) is 30.5 Å². The van der Waals surface area contributed by atoms with Crippen LogP contribution in [0.2, 0.25) is 0 Å². The van der Waals surface area contributed by atoms with Gasteiger partial charge in [-0.3, -0.25) is 9.48 Å². The maximum atomic E-state index is 13.3. The minimum Gasteiger partial charge on any atom is -0.340 e. The zero-order chi connectivity index (χ0) is 18.1. The number of H-pyrrole nitrogens is 1. The van der Waals surface area contributed by atoms with E-state index in [0.717, 1.165) is 61.3 Å². The van der Waals surface area contributed by atoms with Crippen molar-refractivity contribution < 1.29 is 4.79 Å². The Morgan fingerprint density at radius 3 is 2.96 bits per heavy atom. The molecule has 3 aromatic rings. The SMILES string of the molecule is CCCn1ncc(C(=O)N2CCCC[C@@H]2c2nc3ccccc3[nH]2)c1C. The second kappa shape index (κ2) is 6.94. The Labute approximate surface area is 153 Å². The molecule has 6 heteroatoms. The van der Waals surface area contributed by atoms with Gasteiger partial charge in [-0.1, -0.05) is 19.1 Å². The monoisotopic (exact) mass is 351 g/mol. The molecule has 1 amide bonds. The van der Waals surface area contributed by atoms with Gasteiger partial charge in [0.1, 0.15) is 5.82 Å². The largest absolute Gasteiger partial charge is 0.340 e. The molecule has 0 bridgehead atoms. The summed E-state index contributed by atoms with van der Waals surface area (Å²) in [7, 11) is 0. The fourth-order valence-electron chi connectivity index (χ4n) is 3.84. The first-order valence-electron chi connectivity index (χ1n) is 9.47. The summed E-state index contributed by atoms with van der Waals surface area (Å²) in [5.41, 5.74) is 3.63. The van der Waals surface area contributed by atoms with E-state index in [-0.39, 0.29) is 11.9 Å². The highest BCUT2D eigenvalue weighted by Crippen LogP contribution is 2.32. The lowest BCUT2D eigenvalue weighted by molar-refractivity contribution is 0.0600. The van der Waals surface area contributed by atoms with Crippen molar-refractivity contribution in [2.45, 2.75) is 52.1 Å². The van der Waals surface area contributed by atoms with E-state index in [4.69, 9.17) is 4.98 Å². The number of hydrogen-bond donors (Lipinski definition) is 1. The number of amides is 1. The summed E-state index contributed by atoms with van der Waals surface area (Å²) in [6, 6.07) is 8.02. The van der Waals surface area contributed by atoms with Gasteiger partial charge in [0.05, 0.1) is 28.8 Å². The number of rotatable bonds is 4. The summed E-state index contributed by atoms with van der Waals surface area (Å²) in [5.74, 6) is 0.952. The van der Waals surface area contributed by atoms with Crippen molar-refractivity contribution in [3.05, 3.63) is 47.5 Å². The lowest BCUT2D eigenvalue weighted by Gasteiger charge is -2.34. The van der Waals surface area contributed by atoms with E-state index in [2.05, 4.69) is 17.0 Å². The number of hydrogen-bond acceptors (Lipinski definition) is 3. The smallest absolute Gasteiger partial charge is 0.257 e. The first-order chi connectivity index (χ1) is 12.7. The molecular weight excluding hydrogens is 326 g/mol. The van der Waals surface area contributed by atoms with Gasteiger partial charge in [-0.2, -0.15) is 5.10 Å². The molecule has 1 fully saturated rings. The molecule has 4 rings (SSSR count). The number of imidazole rings is 1. The molecular formula is C20H25N5O. The van der Waals surface area contributed by atoms with Gasteiger partial charge in [-0.05, 0) is 44.7 Å². The number of carbonyl (C=O) groups excluding carboxylic acids is 1. The van der Waals surface area contributed by atoms with Crippen LogP contribution < -0.4 is 0 Å². The van der Waals surface area contributed by atoms with Crippen LogP contribution in [-0.2, 0) is 6.54 Å². The molecule has 0 radical (unpaired) electrons. The lowest BCUT2D eigenvalue weighted by Crippen LogP contribution is -2.39. The number of aromatic amines is 1. The summed E-state index contributed by atoms with van der Waals surface area (Å²) in [5, 5.41) is 4.40. The van der Waals surface area contributed by atoms with Crippen molar-refractivity contribution >= 4 is 16.9 Å². The number of likely N-dealkylation sites (tertiary alicyclic amines) is 1. The van der Waals surface area contributed by atoms with Gasteiger partial charge in [0.25, 0.3) is 5.91 Å². The third-order valence-electron chi connectivity index (χ3n) is 5.26. The second-order valence-corrected chi connectivity index (χ2v) is 7.02. The Kier molecular flexibility index (Phi) is 4.49. The van der Waals surface area contributed by atoms with Crippen LogP contribution in [0, 0.1) is 6.92 Å². The Bertz CT molecular complexity index is 892. The molecule has 1 saturated heterocycles. The van der Waals surface area contributed by atoms with Gasteiger partial charge in [-0.15, -0.1) is 0 Å². The normalized spacial score (nSPS) is 17.8. The highest BCUT2D eigenvalue weighted by Gasteiger charge is 2.32. The van der Waals surface area contributed by atoms with Gasteiger partial charge in [0.15, 0.2) is 0 Å². The molecule has 1 aliphatic rings. The molecule has 136 valence electrons. The van der Waals surface area contributed by atoms with Gasteiger partial charge in [0.2, 0.25) is 0 Å². The molecule has 2 aromatic heterocycles. The van der Waals surface area contributed by atoms with Crippen molar-refractivity contribution in [3.63, 3.8) is 0 Å². The number of fused-ring (bicyclic) bond motifs is 1. The number of aromatic nitrogens is 4.